The van der Waals surface area contributed by atoms with Crippen LogP contribution in [-0.4, -0.2) is 85.6 Å². The highest BCUT2D eigenvalue weighted by Gasteiger charge is 2.24. The Kier molecular flexibility index (Phi) is 4.95. The molecule has 7 nitrogen and oxygen atoms in total. The fraction of sp³-hybridized carbons (Fsp3) is 0.688. The number of aromatic nitrogens is 2. The van der Waals surface area contributed by atoms with E-state index < -0.39 is 0 Å². The maximum absolute atomic E-state index is 12.2. The van der Waals surface area contributed by atoms with Gasteiger partial charge in [0.25, 0.3) is 0 Å². The molecule has 0 atom stereocenters. The van der Waals surface area contributed by atoms with Crippen LogP contribution in [0.5, 0.6) is 0 Å². The summed E-state index contributed by atoms with van der Waals surface area (Å²) >= 11 is 0. The first-order valence-electron chi connectivity index (χ1n) is 8.39. The standard InChI is InChI=1S/C16H26N6O/c1-19(2)16-17-6-5-14(18-16)21-11-9-20(10-12-21)13-15(23)22-7-3-4-8-22/h5-6H,3-4,7-13H2,1-2H3. The van der Waals surface area contributed by atoms with Gasteiger partial charge in [-0.25, -0.2) is 4.98 Å². The number of likely N-dealkylation sites (tertiary alicyclic amines) is 1. The summed E-state index contributed by atoms with van der Waals surface area (Å²) in [6, 6.07) is 1.96. The third-order valence-corrected chi connectivity index (χ3v) is 4.54. The number of piperazine rings is 1. The van der Waals surface area contributed by atoms with Crippen molar-refractivity contribution in [3.05, 3.63) is 12.3 Å². The van der Waals surface area contributed by atoms with Crippen molar-refractivity contribution in [2.45, 2.75) is 12.8 Å². The average molecular weight is 318 g/mol. The van der Waals surface area contributed by atoms with Crippen LogP contribution in [0.25, 0.3) is 0 Å². The lowest BCUT2D eigenvalue weighted by Gasteiger charge is -2.35. The van der Waals surface area contributed by atoms with Crippen LogP contribution >= 0.6 is 0 Å². The van der Waals surface area contributed by atoms with Crippen LogP contribution in [0, 0.1) is 0 Å². The van der Waals surface area contributed by atoms with E-state index in [-0.39, 0.29) is 5.91 Å². The minimum absolute atomic E-state index is 0.285. The van der Waals surface area contributed by atoms with Gasteiger partial charge in [0.2, 0.25) is 11.9 Å². The normalized spacial score (nSPS) is 19.2. The molecule has 2 aliphatic rings. The number of hydrogen-bond acceptors (Lipinski definition) is 6. The zero-order chi connectivity index (χ0) is 16.2. The monoisotopic (exact) mass is 318 g/mol. The molecule has 0 spiro atoms. The van der Waals surface area contributed by atoms with Gasteiger partial charge in [-0.2, -0.15) is 4.98 Å². The van der Waals surface area contributed by atoms with Crippen molar-refractivity contribution < 1.29 is 4.79 Å². The lowest BCUT2D eigenvalue weighted by molar-refractivity contribution is -0.131. The minimum Gasteiger partial charge on any atom is -0.354 e. The predicted molar refractivity (Wildman–Crippen MR) is 90.8 cm³/mol. The Hall–Kier alpha value is -1.89. The molecule has 0 saturated carbocycles. The van der Waals surface area contributed by atoms with Crippen LogP contribution < -0.4 is 9.80 Å². The number of nitrogens with zero attached hydrogens (tertiary/aromatic N) is 6. The third kappa shape index (κ3) is 3.90. The average Bonchev–Trinajstić information content (AvgIpc) is 3.10. The lowest BCUT2D eigenvalue weighted by atomic mass is 10.3. The van der Waals surface area contributed by atoms with E-state index in [1.165, 1.54) is 0 Å². The van der Waals surface area contributed by atoms with Gasteiger partial charge in [0, 0.05) is 59.6 Å². The van der Waals surface area contributed by atoms with Crippen LogP contribution in [0.1, 0.15) is 12.8 Å². The van der Waals surface area contributed by atoms with Crippen molar-refractivity contribution in [2.75, 3.05) is 69.7 Å². The van der Waals surface area contributed by atoms with Crippen LogP contribution in [0.15, 0.2) is 12.3 Å². The number of amides is 1. The van der Waals surface area contributed by atoms with E-state index in [4.69, 9.17) is 0 Å². The molecular formula is C16H26N6O. The molecule has 2 saturated heterocycles. The zero-order valence-corrected chi connectivity index (χ0v) is 14.1. The topological polar surface area (TPSA) is 55.8 Å². The molecule has 1 aromatic rings. The molecule has 2 aliphatic heterocycles. The fourth-order valence-electron chi connectivity index (χ4n) is 3.12. The molecule has 0 aliphatic carbocycles. The van der Waals surface area contributed by atoms with Crippen molar-refractivity contribution in [3.63, 3.8) is 0 Å². The molecule has 23 heavy (non-hydrogen) atoms. The highest BCUT2D eigenvalue weighted by molar-refractivity contribution is 5.78. The summed E-state index contributed by atoms with van der Waals surface area (Å²) in [5.41, 5.74) is 0. The summed E-state index contributed by atoms with van der Waals surface area (Å²) in [6.45, 7) is 6.04. The second kappa shape index (κ2) is 7.12. The first kappa shape index (κ1) is 16.0. The van der Waals surface area contributed by atoms with E-state index in [0.29, 0.717) is 6.54 Å². The summed E-state index contributed by atoms with van der Waals surface area (Å²) in [6.07, 6.45) is 4.11. The molecule has 0 N–H and O–H groups in total. The van der Waals surface area contributed by atoms with E-state index in [0.717, 1.165) is 63.9 Å². The number of hydrogen-bond donors (Lipinski definition) is 0. The SMILES string of the molecule is CN(C)c1nccc(N2CCN(CC(=O)N3CCCC3)CC2)n1. The van der Waals surface area contributed by atoms with Gasteiger partial charge < -0.3 is 14.7 Å². The first-order valence-corrected chi connectivity index (χ1v) is 8.39. The Morgan fingerprint density at radius 2 is 1.83 bits per heavy atom. The van der Waals surface area contributed by atoms with Crippen LogP contribution in [0.4, 0.5) is 11.8 Å². The number of carbonyl (C=O) groups excluding carboxylic acids is 1. The van der Waals surface area contributed by atoms with Gasteiger partial charge in [-0.05, 0) is 18.9 Å². The van der Waals surface area contributed by atoms with E-state index in [1.54, 1.807) is 6.20 Å². The maximum Gasteiger partial charge on any atom is 0.236 e. The smallest absolute Gasteiger partial charge is 0.236 e. The second-order valence-corrected chi connectivity index (χ2v) is 6.46. The predicted octanol–water partition coefficient (Wildman–Crippen LogP) is 0.287. The molecule has 0 aromatic carbocycles. The van der Waals surface area contributed by atoms with Gasteiger partial charge >= 0.3 is 0 Å². The summed E-state index contributed by atoms with van der Waals surface area (Å²) < 4.78 is 0. The highest BCUT2D eigenvalue weighted by atomic mass is 16.2. The van der Waals surface area contributed by atoms with Crippen LogP contribution in [-0.2, 0) is 4.79 Å². The van der Waals surface area contributed by atoms with E-state index in [9.17, 15) is 4.79 Å². The summed E-state index contributed by atoms with van der Waals surface area (Å²) in [4.78, 5) is 29.5. The minimum atomic E-state index is 0.285. The van der Waals surface area contributed by atoms with Crippen molar-refractivity contribution in [1.82, 2.24) is 19.8 Å². The summed E-state index contributed by atoms with van der Waals surface area (Å²) in [7, 11) is 3.89. The highest BCUT2D eigenvalue weighted by Crippen LogP contribution is 2.16. The number of rotatable bonds is 4. The van der Waals surface area contributed by atoms with E-state index >= 15 is 0 Å². The van der Waals surface area contributed by atoms with Gasteiger partial charge in [0.1, 0.15) is 5.82 Å². The molecule has 7 heteroatoms. The zero-order valence-electron chi connectivity index (χ0n) is 14.1. The molecule has 3 rings (SSSR count). The van der Waals surface area contributed by atoms with Crippen LogP contribution in [0.3, 0.4) is 0 Å². The Bertz CT molecular complexity index is 535. The third-order valence-electron chi connectivity index (χ3n) is 4.54. The Balaban J connectivity index is 1.52. The molecular weight excluding hydrogens is 292 g/mol. The quantitative estimate of drug-likeness (QED) is 0.795. The fourth-order valence-corrected chi connectivity index (χ4v) is 3.12. The van der Waals surface area contributed by atoms with Gasteiger partial charge in [0.15, 0.2) is 0 Å². The largest absolute Gasteiger partial charge is 0.354 e. The van der Waals surface area contributed by atoms with Crippen LogP contribution in [0.2, 0.25) is 0 Å². The first-order chi connectivity index (χ1) is 11.1. The summed E-state index contributed by atoms with van der Waals surface area (Å²) in [5, 5.41) is 0. The lowest BCUT2D eigenvalue weighted by Crippen LogP contribution is -2.50. The maximum atomic E-state index is 12.2. The molecule has 1 amide bonds. The molecule has 0 radical (unpaired) electrons. The van der Waals surface area contributed by atoms with Crippen molar-refractivity contribution in [1.29, 1.82) is 0 Å². The van der Waals surface area contributed by atoms with E-state index in [1.807, 2.05) is 30.0 Å². The van der Waals surface area contributed by atoms with Gasteiger partial charge in [0.05, 0.1) is 6.54 Å². The Labute approximate surface area is 137 Å². The van der Waals surface area contributed by atoms with E-state index in [2.05, 4.69) is 19.8 Å². The molecule has 0 unspecified atom stereocenters. The van der Waals surface area contributed by atoms with Crippen molar-refractivity contribution >= 4 is 17.7 Å². The molecule has 1 aromatic heterocycles. The van der Waals surface area contributed by atoms with Gasteiger partial charge in [-0.15, -0.1) is 0 Å². The summed E-state index contributed by atoms with van der Waals surface area (Å²) in [5.74, 6) is 1.98. The second-order valence-electron chi connectivity index (χ2n) is 6.46. The Morgan fingerprint density at radius 3 is 2.48 bits per heavy atom. The number of anilines is 2. The Morgan fingerprint density at radius 1 is 1.13 bits per heavy atom. The van der Waals surface area contributed by atoms with Gasteiger partial charge in [-0.1, -0.05) is 0 Å². The van der Waals surface area contributed by atoms with Crippen molar-refractivity contribution in [2.24, 2.45) is 0 Å². The van der Waals surface area contributed by atoms with Gasteiger partial charge in [-0.3, -0.25) is 9.69 Å². The molecule has 0 bridgehead atoms. The molecule has 2 fully saturated rings. The molecule has 126 valence electrons. The molecule has 3 heterocycles. The van der Waals surface area contributed by atoms with Crippen molar-refractivity contribution in [3.8, 4) is 0 Å². The number of carbonyl (C=O) groups is 1.